The van der Waals surface area contributed by atoms with E-state index in [1.807, 2.05) is 27.2 Å². The molecule has 1 amide bonds. The zero-order valence-corrected chi connectivity index (χ0v) is 38.1. The summed E-state index contributed by atoms with van der Waals surface area (Å²) in [6.07, 6.45) is 44.7. The topological polar surface area (TPSA) is 105 Å². The van der Waals surface area contributed by atoms with Gasteiger partial charge in [0.2, 0.25) is 5.91 Å². The second kappa shape index (κ2) is 38.7. The molecule has 328 valence electrons. The average Bonchev–Trinajstić information content (AvgIpc) is 3.13. The van der Waals surface area contributed by atoms with Crippen molar-refractivity contribution in [3.05, 3.63) is 12.2 Å². The van der Waals surface area contributed by atoms with E-state index in [1.165, 1.54) is 167 Å². The number of aliphatic hydroxyl groups is 1. The first-order chi connectivity index (χ1) is 26.5. The van der Waals surface area contributed by atoms with Crippen LogP contribution in [0.15, 0.2) is 12.2 Å². The molecule has 0 saturated carbocycles. The fraction of sp³-hybridized carbons (Fsp3) is 0.935. The van der Waals surface area contributed by atoms with Crippen LogP contribution >= 0.6 is 7.82 Å². The number of carbonyl (C=O) groups excluding carboxylic acids is 1. The number of likely N-dealkylation sites (N-methyl/N-ethyl adjacent to an activating group) is 1. The molecule has 55 heavy (non-hydrogen) atoms. The van der Waals surface area contributed by atoms with Gasteiger partial charge in [-0.3, -0.25) is 13.8 Å². The van der Waals surface area contributed by atoms with Crippen LogP contribution in [-0.4, -0.2) is 73.4 Å². The minimum absolute atomic E-state index is 0.0639. The number of rotatable bonds is 43. The number of amides is 1. The predicted molar refractivity (Wildman–Crippen MR) is 235 cm³/mol. The fourth-order valence-electron chi connectivity index (χ4n) is 6.98. The third kappa shape index (κ3) is 41.2. The Kier molecular flexibility index (Phi) is 38.2. The van der Waals surface area contributed by atoms with Gasteiger partial charge in [-0.1, -0.05) is 212 Å². The highest BCUT2D eigenvalue weighted by Gasteiger charge is 2.27. The molecule has 0 rings (SSSR count). The van der Waals surface area contributed by atoms with Gasteiger partial charge in [0.1, 0.15) is 13.2 Å². The van der Waals surface area contributed by atoms with E-state index >= 15 is 0 Å². The number of allylic oxidation sites excluding steroid dienone is 1. The Balaban J connectivity index is 3.99. The van der Waals surface area contributed by atoms with Gasteiger partial charge < -0.3 is 19.8 Å². The van der Waals surface area contributed by atoms with Crippen molar-refractivity contribution in [2.45, 2.75) is 238 Å². The molecule has 0 bridgehead atoms. The number of phosphoric ester groups is 1. The highest BCUT2D eigenvalue weighted by molar-refractivity contribution is 7.47. The zero-order chi connectivity index (χ0) is 40.7. The maximum Gasteiger partial charge on any atom is 0.472 e. The van der Waals surface area contributed by atoms with Gasteiger partial charge in [-0.05, 0) is 19.3 Å². The van der Waals surface area contributed by atoms with Gasteiger partial charge in [-0.15, -0.1) is 0 Å². The Morgan fingerprint density at radius 1 is 0.600 bits per heavy atom. The number of hydrogen-bond acceptors (Lipinski definition) is 5. The van der Waals surface area contributed by atoms with E-state index in [1.54, 1.807) is 6.08 Å². The Labute approximate surface area is 342 Å². The molecule has 0 aliphatic carbocycles. The quantitative estimate of drug-likeness (QED) is 0.0245. The summed E-state index contributed by atoms with van der Waals surface area (Å²) in [5.41, 5.74) is 0. The highest BCUT2D eigenvalue weighted by atomic mass is 31.2. The minimum atomic E-state index is -4.32. The Hall–Kier alpha value is -0.760. The van der Waals surface area contributed by atoms with E-state index in [4.69, 9.17) is 9.05 Å². The minimum Gasteiger partial charge on any atom is -0.387 e. The van der Waals surface area contributed by atoms with E-state index in [0.29, 0.717) is 17.4 Å². The van der Waals surface area contributed by atoms with E-state index in [-0.39, 0.29) is 19.1 Å². The molecule has 0 aliphatic rings. The molecular weight excluding hydrogens is 707 g/mol. The number of aliphatic hydroxyl groups excluding tert-OH is 1. The smallest absolute Gasteiger partial charge is 0.387 e. The van der Waals surface area contributed by atoms with Crippen molar-refractivity contribution in [1.82, 2.24) is 5.32 Å². The summed E-state index contributed by atoms with van der Waals surface area (Å²) >= 11 is 0. The van der Waals surface area contributed by atoms with Gasteiger partial charge in [-0.2, -0.15) is 0 Å². The van der Waals surface area contributed by atoms with Crippen LogP contribution in [0, 0.1) is 0 Å². The lowest BCUT2D eigenvalue weighted by Gasteiger charge is -2.25. The Bertz CT molecular complexity index is 911. The third-order valence-electron chi connectivity index (χ3n) is 10.8. The standard InChI is InChI=1S/C46H93N2O6P/c1-6-8-10-12-14-15-16-17-18-19-20-21-22-23-24-25-26-27-28-29-30-31-32-34-36-38-40-46(50)47-44(45(49)39-37-35-33-13-11-9-7-2)43-54-55(51,52)53-42-41-48(3,4)5/h37,39,44-45,49H,6-36,38,40-43H2,1-5H3,(H-,47,50,51,52)/p+1/b39-37+. The van der Waals surface area contributed by atoms with Gasteiger partial charge in [0.15, 0.2) is 0 Å². The van der Waals surface area contributed by atoms with Gasteiger partial charge in [0.05, 0.1) is 39.9 Å². The molecule has 3 N–H and O–H groups in total. The molecule has 8 nitrogen and oxygen atoms in total. The number of phosphoric acid groups is 1. The lowest BCUT2D eigenvalue weighted by atomic mass is 10.0. The Morgan fingerprint density at radius 3 is 1.35 bits per heavy atom. The summed E-state index contributed by atoms with van der Waals surface area (Å²) in [5.74, 6) is -0.177. The van der Waals surface area contributed by atoms with Crippen LogP contribution in [0.5, 0.6) is 0 Å². The molecular formula is C46H94N2O6P+. The molecule has 3 unspecified atom stereocenters. The SMILES string of the molecule is CCCCCCC/C=C/C(O)C(COP(=O)(O)OCC[N+](C)(C)C)NC(=O)CCCCCCCCCCCCCCCCCCCCCCCCCCCC. The van der Waals surface area contributed by atoms with Crippen LogP contribution in [0.25, 0.3) is 0 Å². The molecule has 0 aromatic rings. The molecule has 0 heterocycles. The van der Waals surface area contributed by atoms with Crippen molar-refractivity contribution in [3.8, 4) is 0 Å². The number of hydrogen-bond donors (Lipinski definition) is 3. The number of unbranched alkanes of at least 4 members (excludes halogenated alkanes) is 30. The van der Waals surface area contributed by atoms with Crippen molar-refractivity contribution in [3.63, 3.8) is 0 Å². The predicted octanol–water partition coefficient (Wildman–Crippen LogP) is 13.1. The summed E-state index contributed by atoms with van der Waals surface area (Å²) < 4.78 is 23.4. The van der Waals surface area contributed by atoms with Crippen molar-refractivity contribution >= 4 is 13.7 Å². The molecule has 3 atom stereocenters. The lowest BCUT2D eigenvalue weighted by Crippen LogP contribution is -2.45. The van der Waals surface area contributed by atoms with E-state index < -0.39 is 20.0 Å². The number of nitrogens with zero attached hydrogens (tertiary/aromatic N) is 1. The first-order valence-electron chi connectivity index (χ1n) is 23.6. The third-order valence-corrected chi connectivity index (χ3v) is 11.7. The van der Waals surface area contributed by atoms with Gasteiger partial charge >= 0.3 is 7.82 Å². The summed E-state index contributed by atoms with van der Waals surface area (Å²) in [4.78, 5) is 23.0. The molecule has 0 saturated heterocycles. The van der Waals surface area contributed by atoms with Crippen LogP contribution in [0.1, 0.15) is 226 Å². The first kappa shape index (κ1) is 54.2. The number of carbonyl (C=O) groups is 1. The van der Waals surface area contributed by atoms with Crippen LogP contribution in [0.4, 0.5) is 0 Å². The molecule has 0 aromatic heterocycles. The zero-order valence-electron chi connectivity index (χ0n) is 37.2. The number of quaternary nitrogens is 1. The lowest BCUT2D eigenvalue weighted by molar-refractivity contribution is -0.870. The second-order valence-corrected chi connectivity index (χ2v) is 18.9. The summed E-state index contributed by atoms with van der Waals surface area (Å²) in [6, 6.07) is -0.838. The summed E-state index contributed by atoms with van der Waals surface area (Å²) in [6.45, 7) is 4.77. The monoisotopic (exact) mass is 802 g/mol. The van der Waals surface area contributed by atoms with Crippen LogP contribution < -0.4 is 5.32 Å². The molecule has 0 spiro atoms. The molecule has 9 heteroatoms. The second-order valence-electron chi connectivity index (χ2n) is 17.5. The number of nitrogens with one attached hydrogen (secondary N) is 1. The maximum atomic E-state index is 12.8. The molecule has 0 fully saturated rings. The van der Waals surface area contributed by atoms with Gasteiger partial charge in [0.25, 0.3) is 0 Å². The molecule has 0 aromatic carbocycles. The molecule has 0 aliphatic heterocycles. The average molecular weight is 802 g/mol. The van der Waals surface area contributed by atoms with Gasteiger partial charge in [-0.25, -0.2) is 4.57 Å². The fourth-order valence-corrected chi connectivity index (χ4v) is 7.72. The van der Waals surface area contributed by atoms with Gasteiger partial charge in [0, 0.05) is 6.42 Å². The van der Waals surface area contributed by atoms with Crippen LogP contribution in [-0.2, 0) is 18.4 Å². The van der Waals surface area contributed by atoms with Crippen molar-refractivity contribution < 1.29 is 32.9 Å². The summed E-state index contributed by atoms with van der Waals surface area (Å²) in [7, 11) is 1.58. The van der Waals surface area contributed by atoms with Crippen LogP contribution in [0.3, 0.4) is 0 Å². The highest BCUT2D eigenvalue weighted by Crippen LogP contribution is 2.43. The van der Waals surface area contributed by atoms with E-state index in [9.17, 15) is 19.4 Å². The maximum absolute atomic E-state index is 12.8. The normalized spacial score (nSPS) is 14.4. The van der Waals surface area contributed by atoms with Crippen LogP contribution in [0.2, 0.25) is 0 Å². The molecule has 0 radical (unpaired) electrons. The largest absolute Gasteiger partial charge is 0.472 e. The van der Waals surface area contributed by atoms with Crippen molar-refractivity contribution in [2.75, 3.05) is 40.9 Å². The summed E-state index contributed by atoms with van der Waals surface area (Å²) in [5, 5.41) is 13.7. The Morgan fingerprint density at radius 2 is 0.964 bits per heavy atom. The van der Waals surface area contributed by atoms with E-state index in [2.05, 4.69) is 19.2 Å². The van der Waals surface area contributed by atoms with Crippen molar-refractivity contribution in [1.29, 1.82) is 0 Å². The van der Waals surface area contributed by atoms with Crippen molar-refractivity contribution in [2.24, 2.45) is 0 Å². The van der Waals surface area contributed by atoms with E-state index in [0.717, 1.165) is 38.5 Å². The first-order valence-corrected chi connectivity index (χ1v) is 25.1.